The van der Waals surface area contributed by atoms with Crippen LogP contribution in [0.4, 0.5) is 0 Å². The van der Waals surface area contributed by atoms with E-state index in [1.807, 2.05) is 32.0 Å². The van der Waals surface area contributed by atoms with Gasteiger partial charge in [-0.1, -0.05) is 25.0 Å². The highest BCUT2D eigenvalue weighted by molar-refractivity contribution is 7.89. The molecular weight excluding hydrogens is 270 g/mol. The van der Waals surface area contributed by atoms with Crippen molar-refractivity contribution < 1.29 is 8.42 Å². The first kappa shape index (κ1) is 14.1. The minimum absolute atomic E-state index is 0.496. The smallest absolute Gasteiger partial charge is 0.207 e. The van der Waals surface area contributed by atoms with E-state index in [1.54, 1.807) is 4.31 Å². The molecule has 2 atom stereocenters. The quantitative estimate of drug-likeness (QED) is 0.840. The van der Waals surface area contributed by atoms with Gasteiger partial charge in [0.1, 0.15) is 0 Å². The Morgan fingerprint density at radius 1 is 1.05 bits per heavy atom. The summed E-state index contributed by atoms with van der Waals surface area (Å²) in [4.78, 5) is 0.496. The Bertz CT molecular complexity index is 595. The Morgan fingerprint density at radius 3 is 2.25 bits per heavy atom. The fourth-order valence-electron chi connectivity index (χ4n) is 3.68. The van der Waals surface area contributed by atoms with Crippen molar-refractivity contribution in [1.29, 1.82) is 0 Å². The van der Waals surface area contributed by atoms with Crippen molar-refractivity contribution in [2.75, 3.05) is 13.1 Å². The molecule has 1 aliphatic carbocycles. The summed E-state index contributed by atoms with van der Waals surface area (Å²) in [5, 5.41) is 0. The maximum Gasteiger partial charge on any atom is 0.243 e. The van der Waals surface area contributed by atoms with Crippen LogP contribution in [0.5, 0.6) is 0 Å². The van der Waals surface area contributed by atoms with Crippen LogP contribution in [0.3, 0.4) is 0 Å². The Balaban J connectivity index is 1.91. The molecule has 1 aromatic carbocycles. The standard InChI is InChI=1S/C16H23NO2S/c1-12-7-8-13(2)16(9-12)20(18,19)17-10-14-5-3-4-6-15(14)11-17/h7-9,14-15H,3-6,10-11H2,1-2H3. The molecule has 0 aromatic heterocycles. The van der Waals surface area contributed by atoms with Gasteiger partial charge in [-0.05, 0) is 55.7 Å². The topological polar surface area (TPSA) is 37.4 Å². The molecule has 0 N–H and O–H groups in total. The van der Waals surface area contributed by atoms with E-state index < -0.39 is 10.0 Å². The van der Waals surface area contributed by atoms with Gasteiger partial charge in [0.25, 0.3) is 0 Å². The highest BCUT2D eigenvalue weighted by atomic mass is 32.2. The zero-order valence-electron chi connectivity index (χ0n) is 12.3. The van der Waals surface area contributed by atoms with E-state index in [9.17, 15) is 8.42 Å². The van der Waals surface area contributed by atoms with Gasteiger partial charge in [-0.3, -0.25) is 0 Å². The van der Waals surface area contributed by atoms with E-state index >= 15 is 0 Å². The molecule has 4 heteroatoms. The van der Waals surface area contributed by atoms with Crippen LogP contribution in [0.15, 0.2) is 23.1 Å². The van der Waals surface area contributed by atoms with Crippen LogP contribution in [-0.2, 0) is 10.0 Å². The molecule has 0 amide bonds. The van der Waals surface area contributed by atoms with Gasteiger partial charge in [0.15, 0.2) is 0 Å². The van der Waals surface area contributed by atoms with Crippen molar-refractivity contribution in [2.24, 2.45) is 11.8 Å². The first-order valence-electron chi connectivity index (χ1n) is 7.56. The first-order valence-corrected chi connectivity index (χ1v) is 9.00. The highest BCUT2D eigenvalue weighted by Crippen LogP contribution is 2.38. The Kier molecular flexibility index (Phi) is 3.63. The third-order valence-corrected chi connectivity index (χ3v) is 6.88. The second kappa shape index (κ2) is 5.15. The summed E-state index contributed by atoms with van der Waals surface area (Å²) < 4.78 is 27.5. The average molecular weight is 293 g/mol. The number of aryl methyl sites for hydroxylation is 2. The second-order valence-electron chi connectivity index (χ2n) is 6.40. The fourth-order valence-corrected chi connectivity index (χ4v) is 5.55. The summed E-state index contributed by atoms with van der Waals surface area (Å²) in [6, 6.07) is 5.69. The van der Waals surface area contributed by atoms with Crippen molar-refractivity contribution in [2.45, 2.75) is 44.4 Å². The van der Waals surface area contributed by atoms with Crippen molar-refractivity contribution in [1.82, 2.24) is 4.31 Å². The van der Waals surface area contributed by atoms with Gasteiger partial charge in [0.2, 0.25) is 10.0 Å². The van der Waals surface area contributed by atoms with Gasteiger partial charge in [-0.15, -0.1) is 0 Å². The number of benzene rings is 1. The van der Waals surface area contributed by atoms with Crippen LogP contribution in [-0.4, -0.2) is 25.8 Å². The summed E-state index contributed by atoms with van der Waals surface area (Å²) in [6.45, 7) is 5.28. The normalized spacial score (nSPS) is 27.5. The highest BCUT2D eigenvalue weighted by Gasteiger charge is 2.40. The number of rotatable bonds is 2. The van der Waals surface area contributed by atoms with E-state index in [2.05, 4.69) is 0 Å². The SMILES string of the molecule is Cc1ccc(C)c(S(=O)(=O)N2CC3CCCCC3C2)c1. The molecule has 2 fully saturated rings. The van der Waals surface area contributed by atoms with E-state index in [0.717, 1.165) is 24.2 Å². The molecule has 3 nitrogen and oxygen atoms in total. The van der Waals surface area contributed by atoms with E-state index in [4.69, 9.17) is 0 Å². The number of nitrogens with zero attached hydrogens (tertiary/aromatic N) is 1. The summed E-state index contributed by atoms with van der Waals surface area (Å²) >= 11 is 0. The van der Waals surface area contributed by atoms with E-state index in [-0.39, 0.29) is 0 Å². The predicted octanol–water partition coefficient (Wildman–Crippen LogP) is 3.11. The Labute approximate surface area is 122 Å². The van der Waals surface area contributed by atoms with Gasteiger partial charge < -0.3 is 0 Å². The zero-order chi connectivity index (χ0) is 14.3. The second-order valence-corrected chi connectivity index (χ2v) is 8.30. The molecule has 1 aliphatic heterocycles. The summed E-state index contributed by atoms with van der Waals surface area (Å²) in [6.07, 6.45) is 4.92. The first-order chi connectivity index (χ1) is 9.48. The van der Waals surface area contributed by atoms with Gasteiger partial charge in [0.05, 0.1) is 4.90 Å². The monoisotopic (exact) mass is 293 g/mol. The molecule has 0 bridgehead atoms. The van der Waals surface area contributed by atoms with Crippen molar-refractivity contribution in [3.63, 3.8) is 0 Å². The molecule has 3 rings (SSSR count). The lowest BCUT2D eigenvalue weighted by Gasteiger charge is -2.22. The fraction of sp³-hybridized carbons (Fsp3) is 0.625. The zero-order valence-corrected chi connectivity index (χ0v) is 13.1. The molecule has 1 saturated carbocycles. The van der Waals surface area contributed by atoms with E-state index in [0.29, 0.717) is 16.7 Å². The number of hydrogen-bond acceptors (Lipinski definition) is 2. The number of fused-ring (bicyclic) bond motifs is 1. The van der Waals surface area contributed by atoms with E-state index in [1.165, 1.54) is 25.7 Å². The van der Waals surface area contributed by atoms with Crippen LogP contribution in [0.1, 0.15) is 36.8 Å². The molecular formula is C16H23NO2S. The predicted molar refractivity (Wildman–Crippen MR) is 80.1 cm³/mol. The van der Waals surface area contributed by atoms with Gasteiger partial charge in [-0.25, -0.2) is 8.42 Å². The van der Waals surface area contributed by atoms with Gasteiger partial charge in [0, 0.05) is 13.1 Å². The third kappa shape index (κ3) is 2.40. The van der Waals surface area contributed by atoms with Crippen LogP contribution >= 0.6 is 0 Å². The van der Waals surface area contributed by atoms with Gasteiger partial charge >= 0.3 is 0 Å². The number of hydrogen-bond donors (Lipinski definition) is 0. The average Bonchev–Trinajstić information content (AvgIpc) is 2.86. The van der Waals surface area contributed by atoms with Crippen molar-refractivity contribution in [3.8, 4) is 0 Å². The van der Waals surface area contributed by atoms with Crippen LogP contribution < -0.4 is 0 Å². The lowest BCUT2D eigenvalue weighted by Crippen LogP contribution is -2.29. The van der Waals surface area contributed by atoms with Crippen LogP contribution in [0.2, 0.25) is 0 Å². The lowest BCUT2D eigenvalue weighted by molar-refractivity contribution is 0.299. The molecule has 20 heavy (non-hydrogen) atoms. The minimum atomic E-state index is -3.32. The summed E-state index contributed by atoms with van der Waals surface area (Å²) in [5.74, 6) is 1.17. The minimum Gasteiger partial charge on any atom is -0.207 e. The maximum absolute atomic E-state index is 12.9. The largest absolute Gasteiger partial charge is 0.243 e. The van der Waals surface area contributed by atoms with Crippen molar-refractivity contribution in [3.05, 3.63) is 29.3 Å². The van der Waals surface area contributed by atoms with Gasteiger partial charge in [-0.2, -0.15) is 4.31 Å². The molecule has 0 radical (unpaired) electrons. The van der Waals surface area contributed by atoms with Crippen LogP contribution in [0.25, 0.3) is 0 Å². The third-order valence-electron chi connectivity index (χ3n) is 4.90. The van der Waals surface area contributed by atoms with Crippen LogP contribution in [0, 0.1) is 25.7 Å². The molecule has 110 valence electrons. The molecule has 2 unspecified atom stereocenters. The molecule has 1 saturated heterocycles. The Morgan fingerprint density at radius 2 is 1.65 bits per heavy atom. The Hall–Kier alpha value is -0.870. The molecule has 0 spiro atoms. The number of sulfonamides is 1. The molecule has 1 aromatic rings. The maximum atomic E-state index is 12.9. The summed E-state index contributed by atoms with van der Waals surface area (Å²) in [5.41, 5.74) is 1.86. The van der Waals surface area contributed by atoms with Crippen molar-refractivity contribution >= 4 is 10.0 Å². The molecule has 2 aliphatic rings. The molecule has 1 heterocycles. The summed E-state index contributed by atoms with van der Waals surface area (Å²) in [7, 11) is -3.32. The lowest BCUT2D eigenvalue weighted by atomic mass is 9.82.